The highest BCUT2D eigenvalue weighted by atomic mass is 16.5. The van der Waals surface area contributed by atoms with E-state index in [1.165, 1.54) is 57.8 Å². The van der Waals surface area contributed by atoms with Crippen molar-refractivity contribution in [2.75, 3.05) is 13.6 Å². The SMILES string of the molecule is CNCC1(OC2CCCCC2)CCCC1. The smallest absolute Gasteiger partial charge is 0.0809 e. The fourth-order valence-corrected chi connectivity index (χ4v) is 3.21. The quantitative estimate of drug-likeness (QED) is 0.772. The minimum absolute atomic E-state index is 0.191. The van der Waals surface area contributed by atoms with E-state index in [1.807, 2.05) is 7.05 Å². The molecule has 0 saturated heterocycles. The van der Waals surface area contributed by atoms with Gasteiger partial charge < -0.3 is 10.1 Å². The number of hydrogen-bond acceptors (Lipinski definition) is 2. The maximum atomic E-state index is 6.42. The van der Waals surface area contributed by atoms with Gasteiger partial charge in [0.15, 0.2) is 0 Å². The number of likely N-dealkylation sites (N-methyl/N-ethyl adjacent to an activating group) is 1. The van der Waals surface area contributed by atoms with Crippen LogP contribution in [0.4, 0.5) is 0 Å². The van der Waals surface area contributed by atoms with E-state index in [0.29, 0.717) is 6.10 Å². The fourth-order valence-electron chi connectivity index (χ4n) is 3.21. The molecule has 15 heavy (non-hydrogen) atoms. The summed E-state index contributed by atoms with van der Waals surface area (Å²) in [6, 6.07) is 0. The third-order valence-corrected chi connectivity index (χ3v) is 3.98. The number of ether oxygens (including phenoxy) is 1. The van der Waals surface area contributed by atoms with Crippen LogP contribution in [-0.4, -0.2) is 25.3 Å². The summed E-state index contributed by atoms with van der Waals surface area (Å²) in [5.41, 5.74) is 0.191. The van der Waals surface area contributed by atoms with Crippen LogP contribution in [0.3, 0.4) is 0 Å². The van der Waals surface area contributed by atoms with Crippen molar-refractivity contribution in [3.63, 3.8) is 0 Å². The van der Waals surface area contributed by atoms with Gasteiger partial charge in [-0.05, 0) is 32.7 Å². The molecule has 0 bridgehead atoms. The average Bonchev–Trinajstić information content (AvgIpc) is 2.69. The van der Waals surface area contributed by atoms with Crippen LogP contribution in [0.2, 0.25) is 0 Å². The monoisotopic (exact) mass is 211 g/mol. The van der Waals surface area contributed by atoms with Crippen molar-refractivity contribution in [2.24, 2.45) is 0 Å². The Balaban J connectivity index is 1.87. The third-order valence-electron chi connectivity index (χ3n) is 3.98. The summed E-state index contributed by atoms with van der Waals surface area (Å²) < 4.78 is 6.42. The van der Waals surface area contributed by atoms with Crippen LogP contribution >= 0.6 is 0 Å². The van der Waals surface area contributed by atoms with Gasteiger partial charge in [0.25, 0.3) is 0 Å². The molecule has 0 spiro atoms. The predicted molar refractivity (Wildman–Crippen MR) is 63.1 cm³/mol. The first-order valence-corrected chi connectivity index (χ1v) is 6.67. The van der Waals surface area contributed by atoms with E-state index in [0.717, 1.165) is 6.54 Å². The number of hydrogen-bond donors (Lipinski definition) is 1. The predicted octanol–water partition coefficient (Wildman–Crippen LogP) is 2.87. The van der Waals surface area contributed by atoms with Crippen molar-refractivity contribution in [3.8, 4) is 0 Å². The Morgan fingerprint density at radius 1 is 1.07 bits per heavy atom. The van der Waals surface area contributed by atoms with Crippen LogP contribution in [0.15, 0.2) is 0 Å². The van der Waals surface area contributed by atoms with E-state index >= 15 is 0 Å². The van der Waals surface area contributed by atoms with Gasteiger partial charge in [-0.2, -0.15) is 0 Å². The van der Waals surface area contributed by atoms with E-state index < -0.39 is 0 Å². The largest absolute Gasteiger partial charge is 0.370 e. The summed E-state index contributed by atoms with van der Waals surface area (Å²) in [5, 5.41) is 3.32. The van der Waals surface area contributed by atoms with E-state index in [9.17, 15) is 0 Å². The second-order valence-electron chi connectivity index (χ2n) is 5.30. The molecule has 0 unspecified atom stereocenters. The van der Waals surface area contributed by atoms with E-state index in [-0.39, 0.29) is 5.60 Å². The highest BCUT2D eigenvalue weighted by Gasteiger charge is 2.36. The number of rotatable bonds is 4. The Morgan fingerprint density at radius 3 is 2.33 bits per heavy atom. The minimum atomic E-state index is 0.191. The zero-order chi connectivity index (χ0) is 10.6. The molecule has 2 rings (SSSR count). The average molecular weight is 211 g/mol. The maximum Gasteiger partial charge on any atom is 0.0809 e. The second kappa shape index (κ2) is 5.31. The molecule has 2 fully saturated rings. The molecule has 2 nitrogen and oxygen atoms in total. The highest BCUT2D eigenvalue weighted by Crippen LogP contribution is 2.36. The van der Waals surface area contributed by atoms with Gasteiger partial charge in [0.2, 0.25) is 0 Å². The summed E-state index contributed by atoms with van der Waals surface area (Å²) in [5.74, 6) is 0. The lowest BCUT2D eigenvalue weighted by molar-refractivity contribution is -0.0993. The molecule has 2 saturated carbocycles. The van der Waals surface area contributed by atoms with Gasteiger partial charge in [-0.3, -0.25) is 0 Å². The molecule has 0 aromatic carbocycles. The van der Waals surface area contributed by atoms with Crippen LogP contribution in [0.25, 0.3) is 0 Å². The zero-order valence-electron chi connectivity index (χ0n) is 10.1. The van der Waals surface area contributed by atoms with E-state index in [4.69, 9.17) is 4.74 Å². The molecule has 0 heterocycles. The fraction of sp³-hybridized carbons (Fsp3) is 1.00. The van der Waals surface area contributed by atoms with Crippen LogP contribution in [0.1, 0.15) is 57.8 Å². The van der Waals surface area contributed by atoms with Crippen molar-refractivity contribution in [3.05, 3.63) is 0 Å². The molecule has 0 aliphatic heterocycles. The van der Waals surface area contributed by atoms with Crippen molar-refractivity contribution >= 4 is 0 Å². The third kappa shape index (κ3) is 2.94. The number of nitrogens with one attached hydrogen (secondary N) is 1. The van der Waals surface area contributed by atoms with Gasteiger partial charge in [-0.15, -0.1) is 0 Å². The molecular formula is C13H25NO. The summed E-state index contributed by atoms with van der Waals surface area (Å²) in [4.78, 5) is 0. The second-order valence-corrected chi connectivity index (χ2v) is 5.30. The van der Waals surface area contributed by atoms with Crippen LogP contribution < -0.4 is 5.32 Å². The Labute approximate surface area is 93.8 Å². The first-order valence-electron chi connectivity index (χ1n) is 6.67. The summed E-state index contributed by atoms with van der Waals surface area (Å²) in [7, 11) is 2.05. The van der Waals surface area contributed by atoms with Crippen molar-refractivity contribution in [2.45, 2.75) is 69.5 Å². The van der Waals surface area contributed by atoms with Crippen LogP contribution in [0.5, 0.6) is 0 Å². The lowest BCUT2D eigenvalue weighted by Gasteiger charge is -2.35. The molecule has 0 aromatic rings. The first-order chi connectivity index (χ1) is 7.35. The van der Waals surface area contributed by atoms with Gasteiger partial charge >= 0.3 is 0 Å². The van der Waals surface area contributed by atoms with Gasteiger partial charge in [0.05, 0.1) is 11.7 Å². The molecule has 0 aromatic heterocycles. The molecule has 0 radical (unpaired) electrons. The van der Waals surface area contributed by atoms with Crippen LogP contribution in [0, 0.1) is 0 Å². The lowest BCUT2D eigenvalue weighted by Crippen LogP contribution is -2.42. The van der Waals surface area contributed by atoms with Gasteiger partial charge in [0.1, 0.15) is 0 Å². The molecular weight excluding hydrogens is 186 g/mol. The van der Waals surface area contributed by atoms with E-state index in [1.54, 1.807) is 0 Å². The molecule has 2 heteroatoms. The summed E-state index contributed by atoms with van der Waals surface area (Å²) in [6.07, 6.45) is 12.6. The van der Waals surface area contributed by atoms with Crippen molar-refractivity contribution < 1.29 is 4.74 Å². The Bertz CT molecular complexity index is 181. The summed E-state index contributed by atoms with van der Waals surface area (Å²) >= 11 is 0. The molecule has 2 aliphatic carbocycles. The van der Waals surface area contributed by atoms with Crippen molar-refractivity contribution in [1.29, 1.82) is 0 Å². The van der Waals surface area contributed by atoms with E-state index in [2.05, 4.69) is 5.32 Å². The first kappa shape index (κ1) is 11.4. The normalized spacial score (nSPS) is 27.0. The minimum Gasteiger partial charge on any atom is -0.370 e. The maximum absolute atomic E-state index is 6.42. The molecule has 0 amide bonds. The molecule has 0 atom stereocenters. The Kier molecular flexibility index (Phi) is 4.04. The Hall–Kier alpha value is -0.0800. The molecule has 88 valence electrons. The summed E-state index contributed by atoms with van der Waals surface area (Å²) in [6.45, 7) is 1.05. The van der Waals surface area contributed by atoms with Crippen LogP contribution in [-0.2, 0) is 4.74 Å². The molecule has 2 aliphatic rings. The zero-order valence-corrected chi connectivity index (χ0v) is 10.1. The Morgan fingerprint density at radius 2 is 1.73 bits per heavy atom. The van der Waals surface area contributed by atoms with Crippen molar-refractivity contribution in [1.82, 2.24) is 5.32 Å². The molecule has 1 N–H and O–H groups in total. The topological polar surface area (TPSA) is 21.3 Å². The standard InChI is InChI=1S/C13H25NO/c1-14-11-13(9-5-6-10-13)15-12-7-3-2-4-8-12/h12,14H,2-11H2,1H3. The van der Waals surface area contributed by atoms with Gasteiger partial charge in [-0.1, -0.05) is 32.1 Å². The lowest BCUT2D eigenvalue weighted by atomic mass is 9.95. The van der Waals surface area contributed by atoms with Gasteiger partial charge in [0, 0.05) is 6.54 Å². The van der Waals surface area contributed by atoms with Gasteiger partial charge in [-0.25, -0.2) is 0 Å². The highest BCUT2D eigenvalue weighted by molar-refractivity contribution is 4.89.